The van der Waals surface area contributed by atoms with Crippen LogP contribution < -0.4 is 14.8 Å². The first-order valence-corrected chi connectivity index (χ1v) is 9.15. The molecule has 1 aromatic rings. The molecule has 0 unspecified atom stereocenters. The SMILES string of the molecule is COc1ccc(CN2C(=S)N[C@H]3CS(=O)(=O)C[C@@H]32)cc1OC. The van der Waals surface area contributed by atoms with Crippen molar-refractivity contribution in [2.75, 3.05) is 25.7 Å². The summed E-state index contributed by atoms with van der Waals surface area (Å²) in [4.78, 5) is 1.95. The van der Waals surface area contributed by atoms with Crippen LogP contribution in [0.25, 0.3) is 0 Å². The molecule has 120 valence electrons. The third-order valence-corrected chi connectivity index (χ3v) is 6.16. The molecule has 0 spiro atoms. The molecule has 22 heavy (non-hydrogen) atoms. The molecule has 3 rings (SSSR count). The fraction of sp³-hybridized carbons (Fsp3) is 0.500. The third kappa shape index (κ3) is 2.72. The molecule has 1 aromatic carbocycles. The molecule has 0 bridgehead atoms. The molecule has 6 nitrogen and oxygen atoms in total. The molecule has 2 aliphatic heterocycles. The summed E-state index contributed by atoms with van der Waals surface area (Å²) in [5, 5.41) is 3.73. The Morgan fingerprint density at radius 1 is 1.27 bits per heavy atom. The van der Waals surface area contributed by atoms with Crippen LogP contribution in [0.3, 0.4) is 0 Å². The van der Waals surface area contributed by atoms with Gasteiger partial charge in [0.15, 0.2) is 26.4 Å². The smallest absolute Gasteiger partial charge is 0.169 e. The minimum Gasteiger partial charge on any atom is -0.493 e. The van der Waals surface area contributed by atoms with E-state index in [1.807, 2.05) is 23.1 Å². The number of sulfone groups is 1. The molecule has 2 atom stereocenters. The van der Waals surface area contributed by atoms with Gasteiger partial charge in [0.2, 0.25) is 0 Å². The number of nitrogens with zero attached hydrogens (tertiary/aromatic N) is 1. The zero-order valence-electron chi connectivity index (χ0n) is 12.4. The summed E-state index contributed by atoms with van der Waals surface area (Å²) in [5.74, 6) is 1.61. The third-order valence-electron chi connectivity index (χ3n) is 4.09. The van der Waals surface area contributed by atoms with Crippen LogP contribution in [0.4, 0.5) is 0 Å². The topological polar surface area (TPSA) is 67.9 Å². The summed E-state index contributed by atoms with van der Waals surface area (Å²) >= 11 is 5.34. The highest BCUT2D eigenvalue weighted by molar-refractivity contribution is 7.91. The number of methoxy groups -OCH3 is 2. The molecule has 0 saturated carbocycles. The number of nitrogens with one attached hydrogen (secondary N) is 1. The van der Waals surface area contributed by atoms with Crippen LogP contribution in [0, 0.1) is 0 Å². The second kappa shape index (κ2) is 5.58. The Balaban J connectivity index is 1.82. The zero-order chi connectivity index (χ0) is 15.9. The summed E-state index contributed by atoms with van der Waals surface area (Å²) in [6.45, 7) is 0.545. The minimum absolute atomic E-state index is 0.0920. The highest BCUT2D eigenvalue weighted by Crippen LogP contribution is 2.30. The van der Waals surface area contributed by atoms with E-state index in [0.717, 1.165) is 5.56 Å². The van der Waals surface area contributed by atoms with Crippen molar-refractivity contribution in [3.05, 3.63) is 23.8 Å². The number of rotatable bonds is 4. The number of benzene rings is 1. The van der Waals surface area contributed by atoms with Gasteiger partial charge in [-0.2, -0.15) is 0 Å². The summed E-state index contributed by atoms with van der Waals surface area (Å²) < 4.78 is 34.1. The molecule has 2 aliphatic rings. The van der Waals surface area contributed by atoms with Gasteiger partial charge in [-0.05, 0) is 29.9 Å². The number of thiocarbonyl (C=S) groups is 1. The number of hydrogen-bond donors (Lipinski definition) is 1. The van der Waals surface area contributed by atoms with Crippen molar-refractivity contribution in [1.82, 2.24) is 10.2 Å². The monoisotopic (exact) mass is 342 g/mol. The Labute approximate surface area is 135 Å². The van der Waals surface area contributed by atoms with Gasteiger partial charge in [0.25, 0.3) is 0 Å². The Morgan fingerprint density at radius 3 is 2.68 bits per heavy atom. The summed E-state index contributed by atoms with van der Waals surface area (Å²) in [7, 11) is 0.189. The van der Waals surface area contributed by atoms with Crippen LogP contribution in [0.15, 0.2) is 18.2 Å². The fourth-order valence-electron chi connectivity index (χ4n) is 3.03. The van der Waals surface area contributed by atoms with Crippen molar-refractivity contribution in [3.63, 3.8) is 0 Å². The molecule has 2 heterocycles. The standard InChI is InChI=1S/C14H18N2O4S2/c1-19-12-4-3-9(5-13(12)20-2)6-16-11-8-22(17,18)7-10(11)15-14(16)21/h3-5,10-11H,6-8H2,1-2H3,(H,15,21)/t10-,11-/m0/s1. The molecule has 2 saturated heterocycles. The van der Waals surface area contributed by atoms with Gasteiger partial charge in [-0.3, -0.25) is 0 Å². The lowest BCUT2D eigenvalue weighted by Gasteiger charge is -2.23. The lowest BCUT2D eigenvalue weighted by molar-refractivity contribution is 0.341. The predicted molar refractivity (Wildman–Crippen MR) is 87.1 cm³/mol. The van der Waals surface area contributed by atoms with Crippen molar-refractivity contribution < 1.29 is 17.9 Å². The first-order valence-electron chi connectivity index (χ1n) is 6.92. The molecule has 0 aliphatic carbocycles. The lowest BCUT2D eigenvalue weighted by Crippen LogP contribution is -2.36. The quantitative estimate of drug-likeness (QED) is 0.802. The van der Waals surface area contributed by atoms with E-state index in [0.29, 0.717) is 23.2 Å². The highest BCUT2D eigenvalue weighted by Gasteiger charge is 2.46. The number of fused-ring (bicyclic) bond motifs is 1. The Bertz CT molecular complexity index is 705. The fourth-order valence-corrected chi connectivity index (χ4v) is 5.30. The van der Waals surface area contributed by atoms with Crippen molar-refractivity contribution in [2.24, 2.45) is 0 Å². The van der Waals surface area contributed by atoms with Crippen LogP contribution in [0.5, 0.6) is 11.5 Å². The van der Waals surface area contributed by atoms with Crippen molar-refractivity contribution >= 4 is 27.2 Å². The van der Waals surface area contributed by atoms with E-state index >= 15 is 0 Å². The van der Waals surface area contributed by atoms with Gasteiger partial charge >= 0.3 is 0 Å². The van der Waals surface area contributed by atoms with Gasteiger partial charge in [0.05, 0.1) is 37.8 Å². The van der Waals surface area contributed by atoms with Crippen LogP contribution in [0.2, 0.25) is 0 Å². The maximum Gasteiger partial charge on any atom is 0.169 e. The van der Waals surface area contributed by atoms with E-state index in [-0.39, 0.29) is 23.6 Å². The van der Waals surface area contributed by atoms with Gasteiger partial charge in [-0.15, -0.1) is 0 Å². The average molecular weight is 342 g/mol. The van der Waals surface area contributed by atoms with Crippen molar-refractivity contribution in [2.45, 2.75) is 18.6 Å². The average Bonchev–Trinajstić information content (AvgIpc) is 2.91. The van der Waals surface area contributed by atoms with Crippen LogP contribution in [-0.2, 0) is 16.4 Å². The second-order valence-corrected chi connectivity index (χ2v) is 8.06. The van der Waals surface area contributed by atoms with E-state index in [1.54, 1.807) is 14.2 Å². The summed E-state index contributed by atoms with van der Waals surface area (Å²) in [6.07, 6.45) is 0. The van der Waals surface area contributed by atoms with Crippen LogP contribution in [0.1, 0.15) is 5.56 Å². The summed E-state index contributed by atoms with van der Waals surface area (Å²) in [5.41, 5.74) is 0.992. The van der Waals surface area contributed by atoms with Crippen molar-refractivity contribution in [1.29, 1.82) is 0 Å². The van der Waals surface area contributed by atoms with Gasteiger partial charge in [-0.25, -0.2) is 8.42 Å². The highest BCUT2D eigenvalue weighted by atomic mass is 32.2. The normalized spacial score (nSPS) is 25.7. The van der Waals surface area contributed by atoms with E-state index in [1.165, 1.54) is 0 Å². The number of hydrogen-bond acceptors (Lipinski definition) is 5. The molecular weight excluding hydrogens is 324 g/mol. The van der Waals surface area contributed by atoms with E-state index in [9.17, 15) is 8.42 Å². The Morgan fingerprint density at radius 2 is 2.00 bits per heavy atom. The molecule has 0 amide bonds. The molecular formula is C14H18N2O4S2. The molecule has 0 aromatic heterocycles. The van der Waals surface area contributed by atoms with Gasteiger partial charge in [-0.1, -0.05) is 6.07 Å². The van der Waals surface area contributed by atoms with E-state index in [2.05, 4.69) is 5.32 Å². The predicted octanol–water partition coefficient (Wildman–Crippen LogP) is 0.559. The van der Waals surface area contributed by atoms with Gasteiger partial charge in [0, 0.05) is 6.54 Å². The minimum atomic E-state index is -2.99. The molecule has 2 fully saturated rings. The summed E-state index contributed by atoms with van der Waals surface area (Å²) in [6, 6.07) is 5.46. The van der Waals surface area contributed by atoms with E-state index in [4.69, 9.17) is 21.7 Å². The molecule has 8 heteroatoms. The molecule has 0 radical (unpaired) electrons. The van der Waals surface area contributed by atoms with E-state index < -0.39 is 9.84 Å². The first kappa shape index (κ1) is 15.4. The maximum atomic E-state index is 11.8. The Hall–Kier alpha value is -1.54. The van der Waals surface area contributed by atoms with Crippen LogP contribution >= 0.6 is 12.2 Å². The number of ether oxygens (including phenoxy) is 2. The van der Waals surface area contributed by atoms with Crippen LogP contribution in [-0.4, -0.2) is 56.2 Å². The zero-order valence-corrected chi connectivity index (χ0v) is 14.0. The Kier molecular flexibility index (Phi) is 3.90. The maximum absolute atomic E-state index is 11.8. The molecule has 1 N–H and O–H groups in total. The second-order valence-electron chi connectivity index (χ2n) is 5.52. The lowest BCUT2D eigenvalue weighted by atomic mass is 10.1. The van der Waals surface area contributed by atoms with Crippen molar-refractivity contribution in [3.8, 4) is 11.5 Å². The van der Waals surface area contributed by atoms with Gasteiger partial charge < -0.3 is 19.7 Å². The largest absolute Gasteiger partial charge is 0.493 e. The first-order chi connectivity index (χ1) is 10.4. The van der Waals surface area contributed by atoms with Gasteiger partial charge in [0.1, 0.15) is 0 Å².